The van der Waals surface area contributed by atoms with Crippen LogP contribution in [0.5, 0.6) is 0 Å². The van der Waals surface area contributed by atoms with Crippen molar-refractivity contribution in [3.05, 3.63) is 0 Å². The molecule has 0 unspecified atom stereocenters. The Kier molecular flexibility index (Phi) is 10.1. The molecule has 0 radical (unpaired) electrons. The molecule has 0 aliphatic carbocycles. The van der Waals surface area contributed by atoms with Crippen LogP contribution in [0.2, 0.25) is 5.28 Å². The van der Waals surface area contributed by atoms with Crippen molar-refractivity contribution in [3.8, 4) is 0 Å². The fourth-order valence-corrected chi connectivity index (χ4v) is 2.56. The van der Waals surface area contributed by atoms with Crippen LogP contribution >= 0.6 is 0 Å². The Bertz CT molecular complexity index is 44.3. The van der Waals surface area contributed by atoms with Crippen LogP contribution in [0.15, 0.2) is 0 Å². The SMILES string of the molecule is CCCCC[CH2][AlH][O][AlH2]. The first-order chi connectivity index (χ1) is 4.41. The summed E-state index contributed by atoms with van der Waals surface area (Å²) in [6.07, 6.45) is 5.61. The fourth-order valence-electron chi connectivity index (χ4n) is 0.850. The van der Waals surface area contributed by atoms with Crippen LogP contribution in [-0.4, -0.2) is 32.2 Å². The summed E-state index contributed by atoms with van der Waals surface area (Å²) in [5, 5.41) is 1.41. The summed E-state index contributed by atoms with van der Waals surface area (Å²) >= 11 is 0.925. The topological polar surface area (TPSA) is 9.23 Å². The van der Waals surface area contributed by atoms with Crippen molar-refractivity contribution in [2.75, 3.05) is 0 Å². The van der Waals surface area contributed by atoms with Crippen LogP contribution in [0.3, 0.4) is 0 Å². The molecule has 3 heteroatoms. The lowest BCUT2D eigenvalue weighted by Crippen LogP contribution is -1.92. The zero-order chi connectivity index (χ0) is 6.95. The van der Waals surface area contributed by atoms with E-state index in [4.69, 9.17) is 2.84 Å². The monoisotopic (exact) mass is 158 g/mol. The molecule has 52 valence electrons. The van der Waals surface area contributed by atoms with E-state index in [1.165, 1.54) is 31.0 Å². The minimum Gasteiger partial charge on any atom is -0.644 e. The van der Waals surface area contributed by atoms with E-state index >= 15 is 0 Å². The van der Waals surface area contributed by atoms with Crippen LogP contribution in [-0.2, 0) is 2.84 Å². The second-order valence-corrected chi connectivity index (χ2v) is 5.83. The molecule has 0 aromatic carbocycles. The molecule has 0 amide bonds. The molecule has 0 aliphatic rings. The normalized spacial score (nSPS) is 9.44. The maximum atomic E-state index is 5.20. The molecule has 1 nitrogen and oxygen atoms in total. The zero-order valence-electron chi connectivity index (χ0n) is 6.65. The highest BCUT2D eigenvalue weighted by atomic mass is 27.2. The van der Waals surface area contributed by atoms with Gasteiger partial charge in [0, 0.05) is 0 Å². The summed E-state index contributed by atoms with van der Waals surface area (Å²) in [6.45, 7) is 2.25. The predicted molar refractivity (Wildman–Crippen MR) is 45.7 cm³/mol. The number of rotatable bonds is 6. The highest BCUT2D eigenvalue weighted by Crippen LogP contribution is 2.01. The Hall–Kier alpha value is 1.02. The molecule has 0 N–H and O–H groups in total. The van der Waals surface area contributed by atoms with E-state index in [0.717, 1.165) is 16.6 Å². The molecule has 0 saturated carbocycles. The maximum absolute atomic E-state index is 5.20. The second kappa shape index (κ2) is 9.02. The van der Waals surface area contributed by atoms with E-state index in [2.05, 4.69) is 6.92 Å². The average molecular weight is 158 g/mol. The van der Waals surface area contributed by atoms with Crippen molar-refractivity contribution in [1.82, 2.24) is 0 Å². The van der Waals surface area contributed by atoms with Crippen molar-refractivity contribution in [2.45, 2.75) is 37.9 Å². The van der Waals surface area contributed by atoms with Crippen molar-refractivity contribution in [2.24, 2.45) is 0 Å². The molecule has 0 aliphatic heterocycles. The first kappa shape index (κ1) is 10.0. The van der Waals surface area contributed by atoms with Crippen molar-refractivity contribution < 1.29 is 2.84 Å². The van der Waals surface area contributed by atoms with E-state index in [1.54, 1.807) is 0 Å². The third-order valence-corrected chi connectivity index (χ3v) is 3.87. The first-order valence-electron chi connectivity index (χ1n) is 3.90. The Morgan fingerprint density at radius 3 is 2.67 bits per heavy atom. The third kappa shape index (κ3) is 9.02. The van der Waals surface area contributed by atoms with Crippen LogP contribution < -0.4 is 0 Å². The van der Waals surface area contributed by atoms with Crippen LogP contribution in [0.4, 0.5) is 0 Å². The third-order valence-electron chi connectivity index (χ3n) is 1.45. The second-order valence-electron chi connectivity index (χ2n) is 2.41. The van der Waals surface area contributed by atoms with Gasteiger partial charge in [0.25, 0.3) is 0 Å². The quantitative estimate of drug-likeness (QED) is 0.412. The van der Waals surface area contributed by atoms with Crippen LogP contribution in [0.25, 0.3) is 0 Å². The molecule has 0 rings (SSSR count). The molecule has 0 bridgehead atoms. The highest BCUT2D eigenvalue weighted by molar-refractivity contribution is 6.34. The van der Waals surface area contributed by atoms with Gasteiger partial charge in [0.1, 0.15) is 0 Å². The standard InChI is InChI=1S/C6H13.2Al.O.3H/c1-3-5-6-4-2;;;;;;/h1,3-6H2,2H3;;;;;;. The van der Waals surface area contributed by atoms with E-state index in [1.807, 2.05) is 0 Å². The lowest BCUT2D eigenvalue weighted by atomic mass is 10.2. The number of unbranched alkanes of at least 4 members (excludes halogenated alkanes) is 3. The van der Waals surface area contributed by atoms with Crippen LogP contribution in [0, 0.1) is 0 Å². The fraction of sp³-hybridized carbons (Fsp3) is 1.00. The summed E-state index contributed by atoms with van der Waals surface area (Å²) in [5.74, 6) is 0. The van der Waals surface area contributed by atoms with Crippen molar-refractivity contribution in [1.29, 1.82) is 0 Å². The Morgan fingerprint density at radius 1 is 1.33 bits per heavy atom. The van der Waals surface area contributed by atoms with E-state index in [0.29, 0.717) is 0 Å². The average Bonchev–Trinajstić information content (AvgIpc) is 1.89. The maximum Gasteiger partial charge on any atom is 0.404 e. The van der Waals surface area contributed by atoms with Gasteiger partial charge in [0.2, 0.25) is 0 Å². The zero-order valence-corrected chi connectivity index (χ0v) is 10.1. The van der Waals surface area contributed by atoms with E-state index < -0.39 is 0 Å². The molecule has 0 saturated heterocycles. The van der Waals surface area contributed by atoms with E-state index in [-0.39, 0.29) is 15.6 Å². The first-order valence-corrected chi connectivity index (χ1v) is 6.30. The molecule has 0 heterocycles. The minimum absolute atomic E-state index is 0.0445. The van der Waals surface area contributed by atoms with Crippen LogP contribution in [0.1, 0.15) is 32.6 Å². The lowest BCUT2D eigenvalue weighted by molar-refractivity contribution is 0.637. The Morgan fingerprint density at radius 2 is 2.11 bits per heavy atom. The summed E-state index contributed by atoms with van der Waals surface area (Å²) in [6, 6.07) is 0. The molecule has 9 heavy (non-hydrogen) atoms. The van der Waals surface area contributed by atoms with Gasteiger partial charge in [-0.1, -0.05) is 37.9 Å². The summed E-state index contributed by atoms with van der Waals surface area (Å²) < 4.78 is 5.20. The smallest absolute Gasteiger partial charge is 0.404 e. The molecule has 0 fully saturated rings. The molecule has 0 spiro atoms. The largest absolute Gasteiger partial charge is 0.644 e. The van der Waals surface area contributed by atoms with Gasteiger partial charge in [0.05, 0.1) is 0 Å². The van der Waals surface area contributed by atoms with Gasteiger partial charge in [-0.3, -0.25) is 0 Å². The van der Waals surface area contributed by atoms with Gasteiger partial charge in [-0.2, -0.15) is 0 Å². The predicted octanol–water partition coefficient (Wildman–Crippen LogP) is 0.901. The van der Waals surface area contributed by atoms with Gasteiger partial charge in [-0.25, -0.2) is 0 Å². The minimum atomic E-state index is -0.0445. The van der Waals surface area contributed by atoms with Crippen molar-refractivity contribution in [3.63, 3.8) is 0 Å². The Labute approximate surface area is 73.0 Å². The summed E-state index contributed by atoms with van der Waals surface area (Å²) in [7, 11) is 0. The lowest BCUT2D eigenvalue weighted by Gasteiger charge is -1.95. The number of hydrogen-bond acceptors (Lipinski definition) is 1. The van der Waals surface area contributed by atoms with Gasteiger partial charge in [0.15, 0.2) is 0 Å². The van der Waals surface area contributed by atoms with Gasteiger partial charge < -0.3 is 2.84 Å². The number of hydrogen-bond donors (Lipinski definition) is 0. The Balaban J connectivity index is 2.60. The van der Waals surface area contributed by atoms with Gasteiger partial charge in [-0.05, 0) is 0 Å². The summed E-state index contributed by atoms with van der Waals surface area (Å²) in [4.78, 5) is 0. The van der Waals surface area contributed by atoms with E-state index in [9.17, 15) is 0 Å². The molecular weight excluding hydrogens is 142 g/mol. The summed E-state index contributed by atoms with van der Waals surface area (Å²) in [5.41, 5.74) is 0. The highest BCUT2D eigenvalue weighted by Gasteiger charge is 1.90. The van der Waals surface area contributed by atoms with Crippen molar-refractivity contribution >= 4 is 32.2 Å². The molecule has 0 aromatic rings. The molecule has 0 atom stereocenters. The molecular formula is C6H16Al2O. The van der Waals surface area contributed by atoms with Gasteiger partial charge >= 0.3 is 32.2 Å². The molecule has 0 aromatic heterocycles. The van der Waals surface area contributed by atoms with Gasteiger partial charge in [-0.15, -0.1) is 0 Å².